The van der Waals surface area contributed by atoms with Crippen LogP contribution >= 0.6 is 0 Å². The fourth-order valence-corrected chi connectivity index (χ4v) is 2.91. The molecule has 1 rings (SSSR count). The summed E-state index contributed by atoms with van der Waals surface area (Å²) in [5, 5.41) is 0. The summed E-state index contributed by atoms with van der Waals surface area (Å²) in [6.45, 7) is 6.62. The Morgan fingerprint density at radius 2 is 1.92 bits per heavy atom. The van der Waals surface area contributed by atoms with Crippen molar-refractivity contribution in [2.75, 3.05) is 19.1 Å². The molecule has 0 radical (unpaired) electrons. The molecule has 1 aliphatic rings. The minimum Gasteiger partial charge on any atom is -0.363 e. The first-order valence-corrected chi connectivity index (χ1v) is 5.53. The Labute approximate surface area is 73.6 Å². The summed E-state index contributed by atoms with van der Waals surface area (Å²) < 4.78 is 29.2. The molecule has 0 unspecified atom stereocenters. The largest absolute Gasteiger partial charge is 0.363 e. The van der Waals surface area contributed by atoms with E-state index in [4.69, 9.17) is 4.74 Å². The predicted molar refractivity (Wildman–Crippen MR) is 46.2 cm³/mol. The highest BCUT2D eigenvalue weighted by atomic mass is 32.2. The molecule has 0 aromatic rings. The zero-order chi connectivity index (χ0) is 9.41. The van der Waals surface area contributed by atoms with Gasteiger partial charge in [-0.15, -0.1) is 0 Å². The van der Waals surface area contributed by atoms with E-state index >= 15 is 0 Å². The number of hydrogen-bond acceptors (Lipinski definition) is 3. The molecule has 0 amide bonds. The van der Waals surface area contributed by atoms with E-state index in [0.717, 1.165) is 0 Å². The zero-order valence-electron chi connectivity index (χ0n) is 7.70. The van der Waals surface area contributed by atoms with Crippen molar-refractivity contribution < 1.29 is 13.2 Å². The predicted octanol–water partition coefficient (Wildman–Crippen LogP) is 0.404. The first kappa shape index (κ1) is 9.95. The van der Waals surface area contributed by atoms with E-state index in [-0.39, 0.29) is 11.5 Å². The zero-order valence-corrected chi connectivity index (χ0v) is 8.52. The van der Waals surface area contributed by atoms with E-state index in [1.165, 1.54) is 4.31 Å². The molecular formula is C7H15NO3S. The van der Waals surface area contributed by atoms with E-state index in [0.29, 0.717) is 13.2 Å². The van der Waals surface area contributed by atoms with Crippen molar-refractivity contribution >= 4 is 10.0 Å². The van der Waals surface area contributed by atoms with Crippen molar-refractivity contribution in [2.45, 2.75) is 26.3 Å². The molecule has 72 valence electrons. The Hall–Kier alpha value is -0.130. The Balaban J connectivity index is 2.89. The van der Waals surface area contributed by atoms with Crippen molar-refractivity contribution in [3.8, 4) is 0 Å². The van der Waals surface area contributed by atoms with E-state index in [1.54, 1.807) is 0 Å². The minimum atomic E-state index is -3.17. The van der Waals surface area contributed by atoms with Crippen LogP contribution in [0.2, 0.25) is 0 Å². The molecule has 12 heavy (non-hydrogen) atoms. The van der Waals surface area contributed by atoms with Crippen LogP contribution in [0.15, 0.2) is 0 Å². The maximum atomic E-state index is 11.4. The summed E-state index contributed by atoms with van der Waals surface area (Å²) in [4.78, 5) is 0. The molecule has 0 saturated carbocycles. The standard InChI is InChI=1S/C7H15NO3S/c1-7(2,3)8-4-5-11-6-12(8,9)10/h4-6H2,1-3H3. The van der Waals surface area contributed by atoms with Gasteiger partial charge in [-0.2, -0.15) is 4.31 Å². The lowest BCUT2D eigenvalue weighted by molar-refractivity contribution is 0.101. The van der Waals surface area contributed by atoms with Gasteiger partial charge in [-0.25, -0.2) is 8.42 Å². The Bertz CT molecular complexity index is 252. The maximum absolute atomic E-state index is 11.4. The summed E-state index contributed by atoms with van der Waals surface area (Å²) in [5.74, 6) is -0.176. The van der Waals surface area contributed by atoms with Crippen molar-refractivity contribution in [2.24, 2.45) is 0 Å². The number of nitrogens with zero attached hydrogens (tertiary/aromatic N) is 1. The lowest BCUT2D eigenvalue weighted by Crippen LogP contribution is -2.51. The molecule has 1 saturated heterocycles. The molecule has 0 aliphatic carbocycles. The lowest BCUT2D eigenvalue weighted by Gasteiger charge is -2.36. The van der Waals surface area contributed by atoms with Crippen LogP contribution in [0.25, 0.3) is 0 Å². The van der Waals surface area contributed by atoms with Gasteiger partial charge in [0, 0.05) is 12.1 Å². The van der Waals surface area contributed by atoms with Crippen molar-refractivity contribution in [1.82, 2.24) is 4.31 Å². The molecule has 1 aliphatic heterocycles. The van der Waals surface area contributed by atoms with Gasteiger partial charge in [-0.05, 0) is 20.8 Å². The normalized spacial score (nSPS) is 25.6. The topological polar surface area (TPSA) is 46.6 Å². The second kappa shape index (κ2) is 2.97. The molecule has 4 nitrogen and oxygen atoms in total. The Morgan fingerprint density at radius 3 is 2.25 bits per heavy atom. The molecule has 0 aromatic carbocycles. The summed E-state index contributed by atoms with van der Waals surface area (Å²) in [6.07, 6.45) is 0. The molecule has 1 fully saturated rings. The van der Waals surface area contributed by atoms with Crippen LogP contribution in [-0.2, 0) is 14.8 Å². The molecule has 1 heterocycles. The van der Waals surface area contributed by atoms with Crippen LogP contribution in [0.5, 0.6) is 0 Å². The van der Waals surface area contributed by atoms with Crippen molar-refractivity contribution in [3.05, 3.63) is 0 Å². The molecular weight excluding hydrogens is 178 g/mol. The van der Waals surface area contributed by atoms with Gasteiger partial charge in [-0.3, -0.25) is 0 Å². The maximum Gasteiger partial charge on any atom is 0.238 e. The van der Waals surface area contributed by atoms with Crippen LogP contribution in [0.1, 0.15) is 20.8 Å². The minimum absolute atomic E-state index is 0.176. The lowest BCUT2D eigenvalue weighted by atomic mass is 10.1. The molecule has 5 heteroatoms. The van der Waals surface area contributed by atoms with Gasteiger partial charge >= 0.3 is 0 Å². The van der Waals surface area contributed by atoms with Gasteiger partial charge in [0.05, 0.1) is 6.61 Å². The van der Waals surface area contributed by atoms with Gasteiger partial charge in [-0.1, -0.05) is 0 Å². The second-order valence-electron chi connectivity index (χ2n) is 3.88. The van der Waals surface area contributed by atoms with Crippen molar-refractivity contribution in [1.29, 1.82) is 0 Å². The second-order valence-corrected chi connectivity index (χ2v) is 5.72. The summed E-state index contributed by atoms with van der Waals surface area (Å²) in [5.41, 5.74) is -0.331. The van der Waals surface area contributed by atoms with Crippen LogP contribution in [-0.4, -0.2) is 37.4 Å². The summed E-state index contributed by atoms with van der Waals surface area (Å²) in [7, 11) is -3.17. The summed E-state index contributed by atoms with van der Waals surface area (Å²) >= 11 is 0. The number of ether oxygens (including phenoxy) is 1. The van der Waals surface area contributed by atoms with Gasteiger partial charge in [0.25, 0.3) is 0 Å². The molecule has 0 bridgehead atoms. The third-order valence-electron chi connectivity index (χ3n) is 1.75. The van der Waals surface area contributed by atoms with E-state index in [9.17, 15) is 8.42 Å². The van der Waals surface area contributed by atoms with Gasteiger partial charge in [0.1, 0.15) is 0 Å². The fraction of sp³-hybridized carbons (Fsp3) is 1.00. The SMILES string of the molecule is CC(C)(C)N1CCOCS1(=O)=O. The Kier molecular flexibility index (Phi) is 2.47. The highest BCUT2D eigenvalue weighted by molar-refractivity contribution is 7.89. The first-order chi connectivity index (χ1) is 5.34. The third-order valence-corrected chi connectivity index (χ3v) is 3.62. The van der Waals surface area contributed by atoms with Crippen LogP contribution in [0, 0.1) is 0 Å². The monoisotopic (exact) mass is 193 g/mol. The molecule has 0 spiro atoms. The average molecular weight is 193 g/mol. The highest BCUT2D eigenvalue weighted by Crippen LogP contribution is 2.20. The van der Waals surface area contributed by atoms with E-state index in [1.807, 2.05) is 20.8 Å². The molecule has 0 atom stereocenters. The Morgan fingerprint density at radius 1 is 1.33 bits per heavy atom. The summed E-state index contributed by atoms with van der Waals surface area (Å²) in [6, 6.07) is 0. The average Bonchev–Trinajstić information content (AvgIpc) is 1.83. The highest BCUT2D eigenvalue weighted by Gasteiger charge is 2.34. The quantitative estimate of drug-likeness (QED) is 0.559. The molecule has 0 aromatic heterocycles. The number of sulfonamides is 1. The van der Waals surface area contributed by atoms with Crippen LogP contribution < -0.4 is 0 Å². The van der Waals surface area contributed by atoms with Crippen molar-refractivity contribution in [3.63, 3.8) is 0 Å². The van der Waals surface area contributed by atoms with Gasteiger partial charge in [0.2, 0.25) is 10.0 Å². The van der Waals surface area contributed by atoms with Gasteiger partial charge in [0.15, 0.2) is 5.94 Å². The van der Waals surface area contributed by atoms with Crippen LogP contribution in [0.4, 0.5) is 0 Å². The van der Waals surface area contributed by atoms with E-state index < -0.39 is 10.0 Å². The third kappa shape index (κ3) is 1.97. The van der Waals surface area contributed by atoms with E-state index in [2.05, 4.69) is 0 Å². The van der Waals surface area contributed by atoms with Crippen LogP contribution in [0.3, 0.4) is 0 Å². The van der Waals surface area contributed by atoms with Gasteiger partial charge < -0.3 is 4.74 Å². The number of hydrogen-bond donors (Lipinski definition) is 0. The first-order valence-electron chi connectivity index (χ1n) is 3.92. The molecule has 0 N–H and O–H groups in total. The number of rotatable bonds is 0. The fourth-order valence-electron chi connectivity index (χ4n) is 1.27. The smallest absolute Gasteiger partial charge is 0.238 e.